The number of aromatic nitrogens is 2. The van der Waals surface area contributed by atoms with E-state index in [-0.39, 0.29) is 0 Å². The number of fused-ring (bicyclic) bond motifs is 3. The van der Waals surface area contributed by atoms with Gasteiger partial charge >= 0.3 is 0 Å². The van der Waals surface area contributed by atoms with Crippen LogP contribution in [0.5, 0.6) is 0 Å². The smallest absolute Gasteiger partial charge is 0.174 e. The second-order valence-corrected chi connectivity index (χ2v) is 4.42. The number of hydrogen-bond acceptors (Lipinski definition) is 2. The first-order valence-electron chi connectivity index (χ1n) is 4.67. The summed E-state index contributed by atoms with van der Waals surface area (Å²) in [7, 11) is 0. The second kappa shape index (κ2) is 2.89. The Balaban J connectivity index is 2.25. The topological polar surface area (TPSA) is 17.8 Å². The third-order valence-electron chi connectivity index (χ3n) is 2.48. The molecule has 0 radical (unpaired) electrons. The molecule has 0 amide bonds. The average molecular weight is 202 g/mol. The molecule has 0 N–H and O–H groups in total. The lowest BCUT2D eigenvalue weighted by Crippen LogP contribution is -1.91. The largest absolute Gasteiger partial charge is 0.314 e. The van der Waals surface area contributed by atoms with Crippen LogP contribution < -0.4 is 0 Å². The van der Waals surface area contributed by atoms with Crippen molar-refractivity contribution in [2.24, 2.45) is 0 Å². The van der Waals surface area contributed by atoms with Crippen molar-refractivity contribution in [2.75, 3.05) is 0 Å². The highest BCUT2D eigenvalue weighted by atomic mass is 32.2. The highest BCUT2D eigenvalue weighted by Gasteiger charge is 2.19. The summed E-state index contributed by atoms with van der Waals surface area (Å²) in [6.07, 6.45) is 2.16. The molecule has 1 aliphatic heterocycles. The van der Waals surface area contributed by atoms with Crippen molar-refractivity contribution in [1.82, 2.24) is 9.55 Å². The van der Waals surface area contributed by atoms with Crippen LogP contribution >= 0.6 is 11.8 Å². The summed E-state index contributed by atoms with van der Waals surface area (Å²) < 4.78 is 2.27. The lowest BCUT2D eigenvalue weighted by Gasteiger charge is -1.96. The number of para-hydroxylation sites is 2. The Morgan fingerprint density at radius 3 is 3.14 bits per heavy atom. The van der Waals surface area contributed by atoms with E-state index in [4.69, 9.17) is 0 Å². The summed E-state index contributed by atoms with van der Waals surface area (Å²) in [6, 6.07) is 8.30. The van der Waals surface area contributed by atoms with Crippen molar-refractivity contribution >= 4 is 22.8 Å². The van der Waals surface area contributed by atoms with E-state index in [0.717, 1.165) is 17.2 Å². The maximum Gasteiger partial charge on any atom is 0.174 e. The number of imidazole rings is 1. The predicted molar refractivity (Wildman–Crippen MR) is 59.3 cm³/mol. The maximum absolute atomic E-state index is 4.58. The van der Waals surface area contributed by atoms with Crippen LogP contribution in [-0.2, 0) is 6.54 Å². The minimum absolute atomic E-state index is 0.983. The molecule has 0 bridgehead atoms. The molecule has 0 spiro atoms. The fourth-order valence-corrected chi connectivity index (χ4v) is 2.70. The van der Waals surface area contributed by atoms with Gasteiger partial charge in [-0.15, -0.1) is 0 Å². The van der Waals surface area contributed by atoms with Gasteiger partial charge < -0.3 is 4.57 Å². The molecule has 0 fully saturated rings. The molecule has 0 unspecified atom stereocenters. The molecule has 3 heteroatoms. The molecule has 1 aromatic heterocycles. The van der Waals surface area contributed by atoms with Crippen molar-refractivity contribution in [3.8, 4) is 0 Å². The molecule has 14 heavy (non-hydrogen) atoms. The van der Waals surface area contributed by atoms with E-state index in [1.54, 1.807) is 11.8 Å². The van der Waals surface area contributed by atoms with Crippen LogP contribution in [0.15, 0.2) is 40.4 Å². The number of rotatable bonds is 0. The lowest BCUT2D eigenvalue weighted by atomic mass is 10.3. The van der Waals surface area contributed by atoms with Gasteiger partial charge in [-0.2, -0.15) is 0 Å². The molecule has 2 heterocycles. The summed E-state index contributed by atoms with van der Waals surface area (Å²) >= 11 is 1.77. The Kier molecular flexibility index (Phi) is 1.67. The van der Waals surface area contributed by atoms with Gasteiger partial charge in [0.2, 0.25) is 0 Å². The molecule has 0 atom stereocenters. The Morgan fingerprint density at radius 1 is 1.43 bits per heavy atom. The minimum Gasteiger partial charge on any atom is -0.314 e. The summed E-state index contributed by atoms with van der Waals surface area (Å²) in [5.41, 5.74) is 2.34. The molecule has 70 valence electrons. The first-order chi connectivity index (χ1) is 6.88. The van der Waals surface area contributed by atoms with Crippen molar-refractivity contribution < 1.29 is 0 Å². The molecule has 1 aliphatic rings. The van der Waals surface area contributed by atoms with Gasteiger partial charge in [0.25, 0.3) is 0 Å². The van der Waals surface area contributed by atoms with E-state index in [1.807, 2.05) is 6.07 Å². The molecular formula is C11H10N2S. The van der Waals surface area contributed by atoms with Crippen LogP contribution in [0.3, 0.4) is 0 Å². The predicted octanol–water partition coefficient (Wildman–Crippen LogP) is 3.05. The monoisotopic (exact) mass is 202 g/mol. The first-order valence-corrected chi connectivity index (χ1v) is 5.48. The van der Waals surface area contributed by atoms with Gasteiger partial charge in [-0.25, -0.2) is 4.98 Å². The van der Waals surface area contributed by atoms with E-state index in [0.29, 0.717) is 0 Å². The van der Waals surface area contributed by atoms with E-state index < -0.39 is 0 Å². The fourth-order valence-electron chi connectivity index (χ4n) is 1.74. The molecule has 2 nitrogen and oxygen atoms in total. The van der Waals surface area contributed by atoms with Crippen LogP contribution in [-0.4, -0.2) is 9.55 Å². The third kappa shape index (κ3) is 1.02. The Labute approximate surface area is 86.6 Å². The zero-order valence-electron chi connectivity index (χ0n) is 7.90. The molecule has 0 saturated carbocycles. The minimum atomic E-state index is 0.983. The van der Waals surface area contributed by atoms with Crippen molar-refractivity contribution in [3.63, 3.8) is 0 Å². The van der Waals surface area contributed by atoms with Crippen LogP contribution in [0.2, 0.25) is 0 Å². The van der Waals surface area contributed by atoms with Crippen molar-refractivity contribution in [3.05, 3.63) is 35.2 Å². The Morgan fingerprint density at radius 2 is 2.29 bits per heavy atom. The highest BCUT2D eigenvalue weighted by molar-refractivity contribution is 8.03. The van der Waals surface area contributed by atoms with Crippen molar-refractivity contribution in [1.29, 1.82) is 0 Å². The van der Waals surface area contributed by atoms with E-state index in [9.17, 15) is 0 Å². The summed E-state index contributed by atoms with van der Waals surface area (Å²) in [4.78, 5) is 5.96. The molecule has 0 saturated heterocycles. The van der Waals surface area contributed by atoms with Crippen LogP contribution in [0.25, 0.3) is 11.0 Å². The number of hydrogen-bond donors (Lipinski definition) is 0. The van der Waals surface area contributed by atoms with Crippen LogP contribution in [0.4, 0.5) is 0 Å². The summed E-state index contributed by atoms with van der Waals surface area (Å²) in [6.45, 7) is 3.06. The zero-order valence-corrected chi connectivity index (χ0v) is 8.71. The molecule has 0 aliphatic carbocycles. The number of nitrogens with zero attached hydrogens (tertiary/aromatic N) is 2. The molecule has 2 aromatic rings. The Bertz CT molecular complexity index is 525. The fraction of sp³-hybridized carbons (Fsp3) is 0.182. The normalized spacial score (nSPS) is 17.9. The molecule has 3 rings (SSSR count). The third-order valence-corrected chi connectivity index (χ3v) is 3.60. The van der Waals surface area contributed by atoms with Crippen LogP contribution in [0.1, 0.15) is 6.92 Å². The highest BCUT2D eigenvalue weighted by Crippen LogP contribution is 2.37. The SMILES string of the molecule is CC=C1Cn2c(nc3ccccc32)S1. The van der Waals surface area contributed by atoms with E-state index in [1.165, 1.54) is 10.4 Å². The first kappa shape index (κ1) is 8.12. The standard InChI is InChI=1S/C11H10N2S/c1-2-8-7-13-10-6-4-3-5-9(10)12-11(13)14-8/h2-6H,7H2,1H3. The Hall–Kier alpha value is -1.22. The second-order valence-electron chi connectivity index (χ2n) is 3.33. The zero-order chi connectivity index (χ0) is 9.54. The van der Waals surface area contributed by atoms with E-state index in [2.05, 4.69) is 40.7 Å². The lowest BCUT2D eigenvalue weighted by molar-refractivity contribution is 0.768. The van der Waals surface area contributed by atoms with Crippen LogP contribution in [0, 0.1) is 0 Å². The summed E-state index contributed by atoms with van der Waals surface area (Å²) in [5.74, 6) is 0. The summed E-state index contributed by atoms with van der Waals surface area (Å²) in [5, 5.41) is 1.12. The van der Waals surface area contributed by atoms with Gasteiger partial charge in [-0.1, -0.05) is 30.0 Å². The van der Waals surface area contributed by atoms with Gasteiger partial charge in [0.15, 0.2) is 5.16 Å². The van der Waals surface area contributed by atoms with Gasteiger partial charge in [-0.3, -0.25) is 0 Å². The van der Waals surface area contributed by atoms with Gasteiger partial charge in [-0.05, 0) is 19.1 Å². The number of benzene rings is 1. The van der Waals surface area contributed by atoms with Gasteiger partial charge in [0.05, 0.1) is 17.6 Å². The molecule has 1 aromatic carbocycles. The average Bonchev–Trinajstić information content (AvgIpc) is 2.73. The van der Waals surface area contributed by atoms with Crippen molar-refractivity contribution in [2.45, 2.75) is 18.6 Å². The number of allylic oxidation sites excluding steroid dienone is 2. The molecular weight excluding hydrogens is 192 g/mol. The van der Waals surface area contributed by atoms with E-state index >= 15 is 0 Å². The quantitative estimate of drug-likeness (QED) is 0.653. The maximum atomic E-state index is 4.58. The van der Waals surface area contributed by atoms with Gasteiger partial charge in [0.1, 0.15) is 0 Å². The van der Waals surface area contributed by atoms with Gasteiger partial charge in [0, 0.05) is 4.91 Å². The number of thioether (sulfide) groups is 1.